The highest BCUT2D eigenvalue weighted by Crippen LogP contribution is 2.42. The van der Waals surface area contributed by atoms with E-state index in [1.54, 1.807) is 10.4 Å². The summed E-state index contributed by atoms with van der Waals surface area (Å²) < 4.78 is 13.4. The molecule has 0 spiro atoms. The summed E-state index contributed by atoms with van der Waals surface area (Å²) in [5.41, 5.74) is 5.60. The van der Waals surface area contributed by atoms with Crippen LogP contribution in [0.3, 0.4) is 0 Å². The molecule has 126 valence electrons. The van der Waals surface area contributed by atoms with E-state index in [9.17, 15) is 0 Å². The average Bonchev–Trinajstić information content (AvgIpc) is 3.38. The Morgan fingerprint density at radius 3 is 3.04 bits per heavy atom. The molecule has 0 amide bonds. The molecule has 2 aliphatic heterocycles. The summed E-state index contributed by atoms with van der Waals surface area (Å²) in [7, 11) is 0. The molecule has 1 N–H and O–H groups in total. The summed E-state index contributed by atoms with van der Waals surface area (Å²) in [5.74, 6) is 1.68. The minimum absolute atomic E-state index is 0.154. The number of nitrogens with one attached hydrogen (secondary N) is 1. The van der Waals surface area contributed by atoms with Crippen molar-refractivity contribution < 1.29 is 9.47 Å². The van der Waals surface area contributed by atoms with Crippen LogP contribution in [-0.4, -0.2) is 11.4 Å². The lowest BCUT2D eigenvalue weighted by atomic mass is 10.0. The summed E-state index contributed by atoms with van der Waals surface area (Å²) in [6.45, 7) is 1.23. The topological polar surface area (TPSA) is 35.4 Å². The first-order chi connectivity index (χ1) is 12.4. The fourth-order valence-electron chi connectivity index (χ4n) is 4.34. The number of thiophene rings is 1. The van der Waals surface area contributed by atoms with Crippen LogP contribution in [0.4, 0.5) is 0 Å². The molecule has 0 fully saturated rings. The zero-order chi connectivity index (χ0) is 16.4. The van der Waals surface area contributed by atoms with Gasteiger partial charge < -0.3 is 19.4 Å². The lowest BCUT2D eigenvalue weighted by Crippen LogP contribution is -2.21. The van der Waals surface area contributed by atoms with Crippen LogP contribution in [0.2, 0.25) is 0 Å². The highest BCUT2D eigenvalue weighted by molar-refractivity contribution is 7.15. The Kier molecular flexibility index (Phi) is 2.87. The van der Waals surface area contributed by atoms with Crippen LogP contribution in [-0.2, 0) is 19.4 Å². The van der Waals surface area contributed by atoms with E-state index in [2.05, 4.69) is 40.3 Å². The van der Waals surface area contributed by atoms with Gasteiger partial charge in [-0.25, -0.2) is 0 Å². The SMILES string of the molecule is c1cc2n(c1)-c1sc3c(c1CNC2c1ccc2c(c1)OCO2)CCC3. The van der Waals surface area contributed by atoms with E-state index in [4.69, 9.17) is 9.47 Å². The minimum atomic E-state index is 0.154. The van der Waals surface area contributed by atoms with E-state index < -0.39 is 0 Å². The fraction of sp³-hybridized carbons (Fsp3) is 0.300. The Labute approximate surface area is 150 Å². The van der Waals surface area contributed by atoms with Crippen molar-refractivity contribution in [3.63, 3.8) is 0 Å². The van der Waals surface area contributed by atoms with Gasteiger partial charge in [-0.1, -0.05) is 6.07 Å². The van der Waals surface area contributed by atoms with Crippen molar-refractivity contribution in [1.82, 2.24) is 9.88 Å². The molecule has 1 aromatic carbocycles. The molecule has 6 rings (SSSR count). The van der Waals surface area contributed by atoms with Crippen molar-refractivity contribution in [2.45, 2.75) is 31.8 Å². The normalized spacial score (nSPS) is 20.1. The van der Waals surface area contributed by atoms with Crippen molar-refractivity contribution in [3.05, 3.63) is 63.8 Å². The molecule has 0 radical (unpaired) electrons. The van der Waals surface area contributed by atoms with Gasteiger partial charge in [0, 0.05) is 28.9 Å². The Balaban J connectivity index is 1.48. The van der Waals surface area contributed by atoms with Gasteiger partial charge in [0.15, 0.2) is 11.5 Å². The van der Waals surface area contributed by atoms with Crippen LogP contribution >= 0.6 is 11.3 Å². The van der Waals surface area contributed by atoms with Crippen molar-refractivity contribution in [3.8, 4) is 16.5 Å². The van der Waals surface area contributed by atoms with E-state index in [0.717, 1.165) is 18.0 Å². The standard InChI is InChI=1S/C20H18N2O2S/c1-3-13-14-10-21-19(12-6-7-16-17(9-12)24-11-23-16)15-4-2-8-22(15)20(14)25-18(13)5-1/h2,4,6-9,19,21H,1,3,5,10-11H2. The number of rotatable bonds is 1. The molecule has 1 unspecified atom stereocenters. The lowest BCUT2D eigenvalue weighted by molar-refractivity contribution is 0.174. The van der Waals surface area contributed by atoms with E-state index in [1.807, 2.05) is 17.4 Å². The number of aromatic nitrogens is 1. The van der Waals surface area contributed by atoms with Crippen LogP contribution in [0.15, 0.2) is 36.5 Å². The summed E-state index contributed by atoms with van der Waals surface area (Å²) in [6, 6.07) is 10.8. The van der Waals surface area contributed by atoms with E-state index in [0.29, 0.717) is 6.79 Å². The second kappa shape index (κ2) is 5.13. The first-order valence-electron chi connectivity index (χ1n) is 8.82. The second-order valence-electron chi connectivity index (χ2n) is 6.87. The third kappa shape index (κ3) is 1.96. The van der Waals surface area contributed by atoms with Gasteiger partial charge in [0.2, 0.25) is 6.79 Å². The highest BCUT2D eigenvalue weighted by atomic mass is 32.1. The molecule has 2 aromatic heterocycles. The summed E-state index contributed by atoms with van der Waals surface area (Å²) >= 11 is 1.98. The van der Waals surface area contributed by atoms with Crippen LogP contribution < -0.4 is 14.8 Å². The van der Waals surface area contributed by atoms with Crippen LogP contribution in [0.5, 0.6) is 11.5 Å². The number of hydrogen-bond donors (Lipinski definition) is 1. The summed E-state index contributed by atoms with van der Waals surface area (Å²) in [4.78, 5) is 1.59. The molecule has 1 atom stereocenters. The first-order valence-corrected chi connectivity index (χ1v) is 9.64. The zero-order valence-corrected chi connectivity index (χ0v) is 14.6. The molecule has 1 aliphatic carbocycles. The first kappa shape index (κ1) is 14.0. The molecule has 3 aromatic rings. The Hall–Kier alpha value is -2.24. The fourth-order valence-corrected chi connectivity index (χ4v) is 5.75. The molecular weight excluding hydrogens is 332 g/mol. The number of benzene rings is 1. The summed E-state index contributed by atoms with van der Waals surface area (Å²) in [6.07, 6.45) is 5.98. The molecule has 5 heteroatoms. The van der Waals surface area contributed by atoms with Gasteiger partial charge in [-0.2, -0.15) is 0 Å². The van der Waals surface area contributed by atoms with Gasteiger partial charge in [-0.05, 0) is 54.7 Å². The number of fused-ring (bicyclic) bond motifs is 6. The molecule has 4 nitrogen and oxygen atoms in total. The van der Waals surface area contributed by atoms with Crippen molar-refractivity contribution >= 4 is 11.3 Å². The van der Waals surface area contributed by atoms with Gasteiger partial charge in [-0.3, -0.25) is 0 Å². The molecule has 3 aliphatic rings. The molecule has 25 heavy (non-hydrogen) atoms. The van der Waals surface area contributed by atoms with Gasteiger partial charge in [-0.15, -0.1) is 11.3 Å². The quantitative estimate of drug-likeness (QED) is 0.722. The van der Waals surface area contributed by atoms with Crippen molar-refractivity contribution in [2.24, 2.45) is 0 Å². The van der Waals surface area contributed by atoms with Crippen LogP contribution in [0.25, 0.3) is 5.00 Å². The maximum absolute atomic E-state index is 5.58. The predicted octanol–water partition coefficient (Wildman–Crippen LogP) is 3.95. The Morgan fingerprint density at radius 2 is 2.04 bits per heavy atom. The maximum atomic E-state index is 5.58. The zero-order valence-electron chi connectivity index (χ0n) is 13.7. The van der Waals surface area contributed by atoms with Gasteiger partial charge >= 0.3 is 0 Å². The van der Waals surface area contributed by atoms with Crippen molar-refractivity contribution in [2.75, 3.05) is 6.79 Å². The highest BCUT2D eigenvalue weighted by Gasteiger charge is 2.29. The Bertz CT molecular complexity index is 988. The average molecular weight is 350 g/mol. The van der Waals surface area contributed by atoms with Crippen molar-refractivity contribution in [1.29, 1.82) is 0 Å². The molecular formula is C20H18N2O2S. The number of hydrogen-bond acceptors (Lipinski definition) is 4. The second-order valence-corrected chi connectivity index (χ2v) is 7.95. The summed E-state index contributed by atoms with van der Waals surface area (Å²) in [5, 5.41) is 5.20. The molecule has 0 saturated heterocycles. The third-order valence-corrected chi connectivity index (χ3v) is 6.85. The smallest absolute Gasteiger partial charge is 0.231 e. The van der Waals surface area contributed by atoms with Gasteiger partial charge in [0.25, 0.3) is 0 Å². The third-order valence-electron chi connectivity index (χ3n) is 5.52. The Morgan fingerprint density at radius 1 is 1.08 bits per heavy atom. The largest absolute Gasteiger partial charge is 0.454 e. The van der Waals surface area contributed by atoms with E-state index in [-0.39, 0.29) is 6.04 Å². The number of aryl methyl sites for hydroxylation is 1. The van der Waals surface area contributed by atoms with Crippen LogP contribution in [0.1, 0.15) is 39.7 Å². The van der Waals surface area contributed by atoms with Crippen LogP contribution in [0, 0.1) is 0 Å². The van der Waals surface area contributed by atoms with Gasteiger partial charge in [0.1, 0.15) is 5.00 Å². The lowest BCUT2D eigenvalue weighted by Gasteiger charge is -2.18. The molecule has 0 bridgehead atoms. The van der Waals surface area contributed by atoms with E-state index >= 15 is 0 Å². The molecule has 4 heterocycles. The minimum Gasteiger partial charge on any atom is -0.454 e. The number of ether oxygens (including phenoxy) is 2. The van der Waals surface area contributed by atoms with Gasteiger partial charge in [0.05, 0.1) is 6.04 Å². The van der Waals surface area contributed by atoms with E-state index in [1.165, 1.54) is 41.1 Å². The predicted molar refractivity (Wildman–Crippen MR) is 96.9 cm³/mol. The maximum Gasteiger partial charge on any atom is 0.231 e. The number of nitrogens with zero attached hydrogens (tertiary/aromatic N) is 1. The monoisotopic (exact) mass is 350 g/mol. The molecule has 0 saturated carbocycles.